The number of aromatic nitrogens is 2. The maximum atomic E-state index is 12.4. The molecule has 2 N–H and O–H groups in total. The highest BCUT2D eigenvalue weighted by molar-refractivity contribution is 7.99. The average Bonchev–Trinajstić information content (AvgIpc) is 2.61. The maximum Gasteiger partial charge on any atom is 0.247 e. The van der Waals surface area contributed by atoms with E-state index in [0.29, 0.717) is 12.2 Å². The standard InChI is InChI=1S/C14H22N4O2S/c1-8(2)18-10(4)13(9(3)17-18)16-14(20)11-7-21-6-5-12(19)15-11/h8,11H,5-7H2,1-4H3,(H,15,19)(H,16,20)/t11-/m1/s1. The number of amides is 2. The number of thioether (sulfide) groups is 1. The lowest BCUT2D eigenvalue weighted by Gasteiger charge is -2.15. The Kier molecular flexibility index (Phi) is 4.92. The van der Waals surface area contributed by atoms with Crippen molar-refractivity contribution < 1.29 is 9.59 Å². The summed E-state index contributed by atoms with van der Waals surface area (Å²) in [7, 11) is 0. The Balaban J connectivity index is 2.14. The number of nitrogens with one attached hydrogen (secondary N) is 2. The molecule has 0 aromatic carbocycles. The number of hydrogen-bond acceptors (Lipinski definition) is 4. The zero-order valence-electron chi connectivity index (χ0n) is 12.9. The van der Waals surface area contributed by atoms with E-state index < -0.39 is 6.04 Å². The predicted octanol–water partition coefficient (Wildman–Crippen LogP) is 1.64. The molecule has 1 aromatic heterocycles. The van der Waals surface area contributed by atoms with Crippen LogP contribution in [-0.4, -0.2) is 39.1 Å². The third kappa shape index (κ3) is 3.58. The van der Waals surface area contributed by atoms with E-state index in [4.69, 9.17) is 0 Å². The Labute approximate surface area is 129 Å². The van der Waals surface area contributed by atoms with Crippen molar-refractivity contribution in [3.63, 3.8) is 0 Å². The Hall–Kier alpha value is -1.50. The third-order valence-corrected chi connectivity index (χ3v) is 4.53. The van der Waals surface area contributed by atoms with E-state index in [2.05, 4.69) is 15.7 Å². The molecule has 2 rings (SSSR count). The van der Waals surface area contributed by atoms with Crippen molar-refractivity contribution in [3.8, 4) is 0 Å². The quantitative estimate of drug-likeness (QED) is 0.890. The Bertz CT molecular complexity index is 553. The largest absolute Gasteiger partial charge is 0.343 e. The van der Waals surface area contributed by atoms with Crippen LogP contribution in [0, 0.1) is 13.8 Å². The lowest BCUT2D eigenvalue weighted by Crippen LogP contribution is -2.44. The van der Waals surface area contributed by atoms with Crippen LogP contribution in [0.2, 0.25) is 0 Å². The smallest absolute Gasteiger partial charge is 0.247 e. The summed E-state index contributed by atoms with van der Waals surface area (Å²) < 4.78 is 1.89. The molecule has 1 saturated heterocycles. The first kappa shape index (κ1) is 15.9. The number of aryl methyl sites for hydroxylation is 1. The summed E-state index contributed by atoms with van der Waals surface area (Å²) in [6.45, 7) is 7.92. The van der Waals surface area contributed by atoms with Gasteiger partial charge in [-0.05, 0) is 27.7 Å². The van der Waals surface area contributed by atoms with Gasteiger partial charge in [-0.3, -0.25) is 14.3 Å². The molecule has 116 valence electrons. The van der Waals surface area contributed by atoms with E-state index in [1.807, 2.05) is 32.4 Å². The zero-order valence-corrected chi connectivity index (χ0v) is 13.7. The molecule has 0 unspecified atom stereocenters. The normalized spacial score (nSPS) is 19.3. The molecule has 1 fully saturated rings. The molecule has 2 amide bonds. The fourth-order valence-corrected chi connectivity index (χ4v) is 3.34. The zero-order chi connectivity index (χ0) is 15.6. The first-order valence-electron chi connectivity index (χ1n) is 7.13. The van der Waals surface area contributed by atoms with Crippen LogP contribution in [-0.2, 0) is 9.59 Å². The average molecular weight is 310 g/mol. The highest BCUT2D eigenvalue weighted by Crippen LogP contribution is 2.23. The number of carbonyl (C=O) groups is 2. The molecule has 0 bridgehead atoms. The van der Waals surface area contributed by atoms with Crippen molar-refractivity contribution in [1.82, 2.24) is 15.1 Å². The molecule has 1 aliphatic rings. The Morgan fingerprint density at radius 3 is 2.81 bits per heavy atom. The van der Waals surface area contributed by atoms with Gasteiger partial charge in [0.05, 0.1) is 17.1 Å². The van der Waals surface area contributed by atoms with Gasteiger partial charge in [-0.15, -0.1) is 0 Å². The number of rotatable bonds is 3. The monoisotopic (exact) mass is 310 g/mol. The topological polar surface area (TPSA) is 76.0 Å². The summed E-state index contributed by atoms with van der Waals surface area (Å²) in [5.74, 6) is 1.13. The molecule has 0 radical (unpaired) electrons. The predicted molar refractivity (Wildman–Crippen MR) is 84.6 cm³/mol. The van der Waals surface area contributed by atoms with E-state index in [9.17, 15) is 9.59 Å². The summed E-state index contributed by atoms with van der Waals surface area (Å²) in [5, 5.41) is 10.1. The maximum absolute atomic E-state index is 12.4. The summed E-state index contributed by atoms with van der Waals surface area (Å²) in [4.78, 5) is 23.9. The van der Waals surface area contributed by atoms with Crippen molar-refractivity contribution in [2.75, 3.05) is 16.8 Å². The van der Waals surface area contributed by atoms with Gasteiger partial charge in [-0.25, -0.2) is 0 Å². The van der Waals surface area contributed by atoms with Crippen LogP contribution in [0.1, 0.15) is 37.7 Å². The second-order valence-corrected chi connectivity index (χ2v) is 6.67. The van der Waals surface area contributed by atoms with Gasteiger partial charge in [0.1, 0.15) is 6.04 Å². The van der Waals surface area contributed by atoms with E-state index >= 15 is 0 Å². The second-order valence-electron chi connectivity index (χ2n) is 5.52. The van der Waals surface area contributed by atoms with Crippen LogP contribution in [0.3, 0.4) is 0 Å². The lowest BCUT2D eigenvalue weighted by molar-refractivity contribution is -0.125. The van der Waals surface area contributed by atoms with Crippen LogP contribution < -0.4 is 10.6 Å². The minimum absolute atomic E-state index is 0.0635. The minimum atomic E-state index is -0.480. The van der Waals surface area contributed by atoms with Crippen LogP contribution in [0.25, 0.3) is 0 Å². The van der Waals surface area contributed by atoms with E-state index in [0.717, 1.165) is 22.8 Å². The summed E-state index contributed by atoms with van der Waals surface area (Å²) in [6, 6.07) is -0.242. The lowest BCUT2D eigenvalue weighted by atomic mass is 10.2. The number of anilines is 1. The molecule has 21 heavy (non-hydrogen) atoms. The summed E-state index contributed by atoms with van der Waals surface area (Å²) in [6.07, 6.45) is 0.470. The molecular weight excluding hydrogens is 288 g/mol. The first-order chi connectivity index (χ1) is 9.90. The van der Waals surface area contributed by atoms with Crippen molar-refractivity contribution in [1.29, 1.82) is 0 Å². The van der Waals surface area contributed by atoms with E-state index in [-0.39, 0.29) is 17.9 Å². The molecule has 0 aliphatic carbocycles. The van der Waals surface area contributed by atoms with Gasteiger partial charge >= 0.3 is 0 Å². The van der Waals surface area contributed by atoms with Gasteiger partial charge in [-0.1, -0.05) is 0 Å². The van der Waals surface area contributed by atoms with E-state index in [1.165, 1.54) is 0 Å². The number of hydrogen-bond donors (Lipinski definition) is 2. The van der Waals surface area contributed by atoms with E-state index in [1.54, 1.807) is 11.8 Å². The van der Waals surface area contributed by atoms with Crippen LogP contribution in [0.5, 0.6) is 0 Å². The van der Waals surface area contributed by atoms with Gasteiger partial charge in [0.25, 0.3) is 0 Å². The van der Waals surface area contributed by atoms with Gasteiger partial charge in [0, 0.05) is 24.0 Å². The highest BCUT2D eigenvalue weighted by Gasteiger charge is 2.25. The van der Waals surface area contributed by atoms with Crippen molar-refractivity contribution >= 4 is 29.3 Å². The van der Waals surface area contributed by atoms with Crippen molar-refractivity contribution in [2.45, 2.75) is 46.2 Å². The van der Waals surface area contributed by atoms with Gasteiger partial charge in [0.2, 0.25) is 11.8 Å². The minimum Gasteiger partial charge on any atom is -0.343 e. The van der Waals surface area contributed by atoms with Gasteiger partial charge in [-0.2, -0.15) is 16.9 Å². The molecule has 1 aliphatic heterocycles. The summed E-state index contributed by atoms with van der Waals surface area (Å²) >= 11 is 1.62. The molecule has 7 heteroatoms. The molecule has 1 aromatic rings. The van der Waals surface area contributed by atoms with Gasteiger partial charge < -0.3 is 10.6 Å². The molecule has 0 spiro atoms. The molecule has 1 atom stereocenters. The Morgan fingerprint density at radius 1 is 1.48 bits per heavy atom. The highest BCUT2D eigenvalue weighted by atomic mass is 32.2. The fraction of sp³-hybridized carbons (Fsp3) is 0.643. The fourth-order valence-electron chi connectivity index (χ4n) is 2.37. The molecule has 2 heterocycles. The van der Waals surface area contributed by atoms with Crippen LogP contribution >= 0.6 is 11.8 Å². The Morgan fingerprint density at radius 2 is 2.19 bits per heavy atom. The van der Waals surface area contributed by atoms with Crippen molar-refractivity contribution in [3.05, 3.63) is 11.4 Å². The summed E-state index contributed by atoms with van der Waals surface area (Å²) in [5.41, 5.74) is 2.47. The van der Waals surface area contributed by atoms with Crippen molar-refractivity contribution in [2.24, 2.45) is 0 Å². The number of nitrogens with zero attached hydrogens (tertiary/aromatic N) is 2. The molecule has 0 saturated carbocycles. The number of carbonyl (C=O) groups excluding carboxylic acids is 2. The van der Waals surface area contributed by atoms with Crippen LogP contribution in [0.15, 0.2) is 0 Å². The molecule has 6 nitrogen and oxygen atoms in total. The first-order valence-corrected chi connectivity index (χ1v) is 8.29. The van der Waals surface area contributed by atoms with Gasteiger partial charge in [0.15, 0.2) is 0 Å². The second kappa shape index (κ2) is 6.51. The van der Waals surface area contributed by atoms with Crippen LogP contribution in [0.4, 0.5) is 5.69 Å². The third-order valence-electron chi connectivity index (χ3n) is 3.47. The molecular formula is C14H22N4O2S. The SMILES string of the molecule is Cc1nn(C(C)C)c(C)c1NC(=O)[C@H]1CSCCC(=O)N1.